The van der Waals surface area contributed by atoms with Crippen molar-refractivity contribution in [2.45, 2.75) is 32.8 Å². The lowest BCUT2D eigenvalue weighted by Gasteiger charge is -2.19. The van der Waals surface area contributed by atoms with Gasteiger partial charge in [0.05, 0.1) is 6.61 Å². The number of carbonyl (C=O) groups is 1. The molecule has 2 N–H and O–H groups in total. The van der Waals surface area contributed by atoms with E-state index in [1.807, 2.05) is 51.2 Å². The van der Waals surface area contributed by atoms with Crippen molar-refractivity contribution in [2.75, 3.05) is 13.2 Å². The zero-order valence-electron chi connectivity index (χ0n) is 12.7. The summed E-state index contributed by atoms with van der Waals surface area (Å²) in [5, 5.41) is 3.78. The molecule has 0 aliphatic rings. The quantitative estimate of drug-likeness (QED) is 0.829. The normalized spacial score (nSPS) is 11.4. The van der Waals surface area contributed by atoms with Gasteiger partial charge in [0.15, 0.2) is 0 Å². The van der Waals surface area contributed by atoms with Crippen molar-refractivity contribution in [1.29, 1.82) is 0 Å². The predicted molar refractivity (Wildman–Crippen MR) is 82.6 cm³/mol. The van der Waals surface area contributed by atoms with E-state index < -0.39 is 11.7 Å². The predicted octanol–water partition coefficient (Wildman–Crippen LogP) is 3.46. The summed E-state index contributed by atoms with van der Waals surface area (Å²) in [6, 6.07) is 7.89. The third kappa shape index (κ3) is 4.70. The first-order valence-electron chi connectivity index (χ1n) is 7.11. The Labute approximate surface area is 124 Å². The zero-order chi connectivity index (χ0) is 15.3. The second-order valence-electron chi connectivity index (χ2n) is 5.83. The Morgan fingerprint density at radius 1 is 1.29 bits per heavy atom. The number of carbonyl (C=O) groups excluding carboxylic acids is 1. The Morgan fingerprint density at radius 3 is 2.86 bits per heavy atom. The van der Waals surface area contributed by atoms with E-state index in [4.69, 9.17) is 9.47 Å². The fourth-order valence-electron chi connectivity index (χ4n) is 1.94. The first-order chi connectivity index (χ1) is 9.96. The lowest BCUT2D eigenvalue weighted by atomic mass is 10.2. The molecule has 0 spiro atoms. The molecule has 0 saturated carbocycles. The summed E-state index contributed by atoms with van der Waals surface area (Å²) in [5.41, 5.74) is 0.587. The highest BCUT2D eigenvalue weighted by Gasteiger charge is 2.15. The van der Waals surface area contributed by atoms with Gasteiger partial charge >= 0.3 is 6.09 Å². The van der Waals surface area contributed by atoms with Crippen LogP contribution < -0.4 is 10.1 Å². The molecular weight excluding hydrogens is 268 g/mol. The summed E-state index contributed by atoms with van der Waals surface area (Å²) in [7, 11) is 0. The van der Waals surface area contributed by atoms with Crippen LogP contribution in [-0.2, 0) is 4.74 Å². The molecule has 5 nitrogen and oxygen atoms in total. The lowest BCUT2D eigenvalue weighted by Crippen LogP contribution is -2.33. The van der Waals surface area contributed by atoms with Crippen molar-refractivity contribution in [1.82, 2.24) is 10.3 Å². The van der Waals surface area contributed by atoms with E-state index in [9.17, 15) is 4.79 Å². The molecule has 1 amide bonds. The SMILES string of the molecule is CC(C)(C)OC(=O)NCCCOc1cccc2[nH]ccc12. The van der Waals surface area contributed by atoms with E-state index in [-0.39, 0.29) is 0 Å². The number of aromatic amines is 1. The van der Waals surface area contributed by atoms with Gasteiger partial charge in [-0.25, -0.2) is 4.79 Å². The van der Waals surface area contributed by atoms with Crippen LogP contribution in [0.2, 0.25) is 0 Å². The minimum absolute atomic E-state index is 0.393. The van der Waals surface area contributed by atoms with Gasteiger partial charge in [0.1, 0.15) is 11.4 Å². The van der Waals surface area contributed by atoms with E-state index in [2.05, 4.69) is 10.3 Å². The Hall–Kier alpha value is -2.17. The first-order valence-corrected chi connectivity index (χ1v) is 7.11. The fourth-order valence-corrected chi connectivity index (χ4v) is 1.94. The number of nitrogens with one attached hydrogen (secondary N) is 2. The molecule has 1 heterocycles. The van der Waals surface area contributed by atoms with Crippen molar-refractivity contribution < 1.29 is 14.3 Å². The molecule has 0 aliphatic heterocycles. The zero-order valence-corrected chi connectivity index (χ0v) is 12.7. The Kier molecular flexibility index (Phi) is 4.73. The summed E-state index contributed by atoms with van der Waals surface area (Å²) in [5.74, 6) is 0.853. The number of H-pyrrole nitrogens is 1. The van der Waals surface area contributed by atoms with Crippen LogP contribution in [-0.4, -0.2) is 29.8 Å². The average Bonchev–Trinajstić information content (AvgIpc) is 2.85. The highest BCUT2D eigenvalue weighted by molar-refractivity contribution is 5.85. The van der Waals surface area contributed by atoms with Crippen LogP contribution in [0.15, 0.2) is 30.5 Å². The third-order valence-corrected chi connectivity index (χ3v) is 2.80. The van der Waals surface area contributed by atoms with Crippen LogP contribution in [0.25, 0.3) is 10.9 Å². The molecule has 0 aliphatic carbocycles. The summed E-state index contributed by atoms with van der Waals surface area (Å²) < 4.78 is 10.9. The van der Waals surface area contributed by atoms with E-state index in [1.165, 1.54) is 0 Å². The summed E-state index contributed by atoms with van der Waals surface area (Å²) in [4.78, 5) is 14.6. The number of rotatable bonds is 5. The highest BCUT2D eigenvalue weighted by Crippen LogP contribution is 2.24. The molecule has 0 bridgehead atoms. The number of alkyl carbamates (subject to hydrolysis) is 1. The van der Waals surface area contributed by atoms with Crippen molar-refractivity contribution >= 4 is 17.0 Å². The number of aromatic nitrogens is 1. The Balaban J connectivity index is 1.71. The summed E-state index contributed by atoms with van der Waals surface area (Å²) in [6.45, 7) is 6.59. The van der Waals surface area contributed by atoms with Crippen LogP contribution in [0.5, 0.6) is 5.75 Å². The molecule has 2 aromatic rings. The summed E-state index contributed by atoms with van der Waals surface area (Å²) >= 11 is 0. The number of hydrogen-bond acceptors (Lipinski definition) is 3. The van der Waals surface area contributed by atoms with Gasteiger partial charge < -0.3 is 19.8 Å². The van der Waals surface area contributed by atoms with Crippen molar-refractivity contribution in [2.24, 2.45) is 0 Å². The molecular formula is C16H22N2O3. The minimum atomic E-state index is -0.468. The first kappa shape index (κ1) is 15.2. The molecule has 1 aromatic heterocycles. The van der Waals surface area contributed by atoms with Crippen molar-refractivity contribution in [3.63, 3.8) is 0 Å². The maximum Gasteiger partial charge on any atom is 0.407 e. The lowest BCUT2D eigenvalue weighted by molar-refractivity contribution is 0.0525. The number of hydrogen-bond donors (Lipinski definition) is 2. The molecule has 0 atom stereocenters. The second-order valence-corrected chi connectivity index (χ2v) is 5.83. The van der Waals surface area contributed by atoms with Gasteiger partial charge in [0.25, 0.3) is 0 Å². The largest absolute Gasteiger partial charge is 0.493 e. The standard InChI is InChI=1S/C16H22N2O3/c1-16(2,3)21-15(19)18-9-5-11-20-14-7-4-6-13-12(14)8-10-17-13/h4,6-8,10,17H,5,9,11H2,1-3H3,(H,18,19). The highest BCUT2D eigenvalue weighted by atomic mass is 16.6. The molecule has 0 radical (unpaired) electrons. The van der Waals surface area contributed by atoms with E-state index in [0.717, 1.165) is 23.1 Å². The Morgan fingerprint density at radius 2 is 2.10 bits per heavy atom. The molecule has 2 rings (SSSR count). The van der Waals surface area contributed by atoms with Gasteiger partial charge in [0, 0.05) is 23.6 Å². The topological polar surface area (TPSA) is 63.4 Å². The molecule has 0 fully saturated rings. The van der Waals surface area contributed by atoms with E-state index >= 15 is 0 Å². The number of benzene rings is 1. The molecule has 21 heavy (non-hydrogen) atoms. The molecule has 0 unspecified atom stereocenters. The monoisotopic (exact) mass is 290 g/mol. The van der Waals surface area contributed by atoms with Gasteiger partial charge in [-0.15, -0.1) is 0 Å². The number of fused-ring (bicyclic) bond motifs is 1. The molecule has 1 aromatic carbocycles. The van der Waals surface area contributed by atoms with Gasteiger partial charge in [0.2, 0.25) is 0 Å². The molecule has 5 heteroatoms. The average molecular weight is 290 g/mol. The second kappa shape index (κ2) is 6.52. The van der Waals surface area contributed by atoms with Crippen molar-refractivity contribution in [3.05, 3.63) is 30.5 Å². The van der Waals surface area contributed by atoms with Crippen LogP contribution in [0.1, 0.15) is 27.2 Å². The van der Waals surface area contributed by atoms with Crippen molar-refractivity contribution in [3.8, 4) is 5.75 Å². The Bertz CT molecular complexity index is 599. The minimum Gasteiger partial charge on any atom is -0.493 e. The maximum absolute atomic E-state index is 11.5. The van der Waals surface area contributed by atoms with Gasteiger partial charge in [-0.1, -0.05) is 6.07 Å². The molecule has 0 saturated heterocycles. The number of amides is 1. The van der Waals surface area contributed by atoms with Crippen LogP contribution >= 0.6 is 0 Å². The molecule has 114 valence electrons. The van der Waals surface area contributed by atoms with Crippen LogP contribution in [0.4, 0.5) is 4.79 Å². The smallest absolute Gasteiger partial charge is 0.407 e. The third-order valence-electron chi connectivity index (χ3n) is 2.80. The van der Waals surface area contributed by atoms with Crippen LogP contribution in [0, 0.1) is 0 Å². The van der Waals surface area contributed by atoms with Crippen LogP contribution in [0.3, 0.4) is 0 Å². The van der Waals surface area contributed by atoms with Gasteiger partial charge in [-0.2, -0.15) is 0 Å². The van der Waals surface area contributed by atoms with E-state index in [1.54, 1.807) is 0 Å². The summed E-state index contributed by atoms with van der Waals surface area (Å²) in [6.07, 6.45) is 2.22. The fraction of sp³-hybridized carbons (Fsp3) is 0.438. The maximum atomic E-state index is 11.5. The van der Waals surface area contributed by atoms with E-state index in [0.29, 0.717) is 13.2 Å². The van der Waals surface area contributed by atoms with Gasteiger partial charge in [-0.05, 0) is 45.4 Å². The van der Waals surface area contributed by atoms with Gasteiger partial charge in [-0.3, -0.25) is 0 Å². The number of ether oxygens (including phenoxy) is 2.